The molecule has 1 heterocycles. The smallest absolute Gasteiger partial charge is 0.237 e. The van der Waals surface area contributed by atoms with Crippen LogP contribution in [0, 0.1) is 23.2 Å². The Morgan fingerprint density at radius 3 is 2.50 bits per heavy atom. The van der Waals surface area contributed by atoms with Gasteiger partial charge in [-0.25, -0.2) is 0 Å². The number of rotatable bonds is 3. The fourth-order valence-corrected chi connectivity index (χ4v) is 5.43. The first-order valence-corrected chi connectivity index (χ1v) is 8.57. The zero-order valence-corrected chi connectivity index (χ0v) is 13.1. The van der Waals surface area contributed by atoms with Crippen molar-refractivity contribution in [3.63, 3.8) is 0 Å². The Morgan fingerprint density at radius 1 is 1.20 bits per heavy atom. The molecule has 2 saturated carbocycles. The van der Waals surface area contributed by atoms with E-state index in [1.165, 1.54) is 32.1 Å². The monoisotopic (exact) mass is 278 g/mol. The molecule has 0 aromatic rings. The number of nitrogens with one attached hydrogen (secondary N) is 2. The molecule has 1 saturated heterocycles. The first-order chi connectivity index (χ1) is 9.56. The van der Waals surface area contributed by atoms with E-state index in [2.05, 4.69) is 24.5 Å². The number of amides is 1. The minimum Gasteiger partial charge on any atom is -0.354 e. The highest BCUT2D eigenvalue weighted by molar-refractivity contribution is 5.82. The van der Waals surface area contributed by atoms with Crippen LogP contribution in [0.3, 0.4) is 0 Å². The summed E-state index contributed by atoms with van der Waals surface area (Å²) in [6.45, 7) is 6.71. The van der Waals surface area contributed by atoms with Gasteiger partial charge in [-0.15, -0.1) is 0 Å². The lowest BCUT2D eigenvalue weighted by atomic mass is 9.57. The predicted octanol–water partition coefficient (Wildman–Crippen LogP) is 2.71. The lowest BCUT2D eigenvalue weighted by Gasteiger charge is -2.50. The molecule has 2 bridgehead atoms. The highest BCUT2D eigenvalue weighted by atomic mass is 16.2. The van der Waals surface area contributed by atoms with Crippen LogP contribution in [-0.2, 0) is 4.79 Å². The van der Waals surface area contributed by atoms with E-state index in [0.717, 1.165) is 43.7 Å². The SMILES string of the molecule is CC1CC2CC(C)CC(CNC(=O)[C@H]3CCCN3)(C1)C2. The molecule has 3 fully saturated rings. The zero-order chi connectivity index (χ0) is 14.2. The van der Waals surface area contributed by atoms with Gasteiger partial charge in [0, 0.05) is 6.54 Å². The summed E-state index contributed by atoms with van der Waals surface area (Å²) in [6, 6.07) is 0.0734. The fourth-order valence-electron chi connectivity index (χ4n) is 5.43. The fraction of sp³-hybridized carbons (Fsp3) is 0.941. The third-order valence-electron chi connectivity index (χ3n) is 5.77. The first-order valence-electron chi connectivity index (χ1n) is 8.57. The quantitative estimate of drug-likeness (QED) is 0.833. The van der Waals surface area contributed by atoms with Gasteiger partial charge < -0.3 is 10.6 Å². The summed E-state index contributed by atoms with van der Waals surface area (Å²) in [5.74, 6) is 2.82. The lowest BCUT2D eigenvalue weighted by molar-refractivity contribution is -0.124. The van der Waals surface area contributed by atoms with Crippen molar-refractivity contribution >= 4 is 5.91 Å². The van der Waals surface area contributed by atoms with Crippen LogP contribution in [0.4, 0.5) is 0 Å². The van der Waals surface area contributed by atoms with Gasteiger partial charge in [0.2, 0.25) is 5.91 Å². The number of fused-ring (bicyclic) bond motifs is 2. The lowest BCUT2D eigenvalue weighted by Crippen LogP contribution is -2.49. The Morgan fingerprint density at radius 2 is 1.90 bits per heavy atom. The van der Waals surface area contributed by atoms with Gasteiger partial charge in [-0.1, -0.05) is 13.8 Å². The number of hydrogen-bond donors (Lipinski definition) is 2. The molecule has 3 nitrogen and oxygen atoms in total. The van der Waals surface area contributed by atoms with Gasteiger partial charge in [0.05, 0.1) is 6.04 Å². The Kier molecular flexibility index (Phi) is 4.07. The van der Waals surface area contributed by atoms with Gasteiger partial charge >= 0.3 is 0 Å². The van der Waals surface area contributed by atoms with Crippen LogP contribution < -0.4 is 10.6 Å². The number of carbonyl (C=O) groups is 1. The van der Waals surface area contributed by atoms with Crippen molar-refractivity contribution in [3.05, 3.63) is 0 Å². The third kappa shape index (κ3) is 3.03. The zero-order valence-electron chi connectivity index (χ0n) is 13.1. The van der Waals surface area contributed by atoms with E-state index in [1.54, 1.807) is 0 Å². The summed E-state index contributed by atoms with van der Waals surface area (Å²) in [4.78, 5) is 12.2. The Hall–Kier alpha value is -0.570. The summed E-state index contributed by atoms with van der Waals surface area (Å²) in [5.41, 5.74) is 0.397. The van der Waals surface area contributed by atoms with Crippen LogP contribution >= 0.6 is 0 Å². The molecule has 0 aromatic carbocycles. The molecule has 2 N–H and O–H groups in total. The van der Waals surface area contributed by atoms with E-state index in [4.69, 9.17) is 0 Å². The predicted molar refractivity (Wildman–Crippen MR) is 81.4 cm³/mol. The molecule has 1 aliphatic heterocycles. The van der Waals surface area contributed by atoms with Crippen molar-refractivity contribution in [1.82, 2.24) is 10.6 Å². The van der Waals surface area contributed by atoms with Crippen LogP contribution in [0.5, 0.6) is 0 Å². The largest absolute Gasteiger partial charge is 0.354 e. The molecule has 0 radical (unpaired) electrons. The maximum absolute atomic E-state index is 12.2. The Labute approximate surface area is 123 Å². The maximum Gasteiger partial charge on any atom is 0.237 e. The highest BCUT2D eigenvalue weighted by Crippen LogP contribution is 2.52. The molecular formula is C17H30N2O. The van der Waals surface area contributed by atoms with E-state index >= 15 is 0 Å². The third-order valence-corrected chi connectivity index (χ3v) is 5.77. The number of hydrogen-bond acceptors (Lipinski definition) is 2. The minimum absolute atomic E-state index is 0.0734. The summed E-state index contributed by atoms with van der Waals surface area (Å²) >= 11 is 0. The van der Waals surface area contributed by atoms with Crippen LogP contribution in [0.2, 0.25) is 0 Å². The van der Waals surface area contributed by atoms with Crippen molar-refractivity contribution in [2.45, 2.75) is 64.8 Å². The summed E-state index contributed by atoms with van der Waals surface area (Å²) in [5, 5.41) is 6.58. The highest BCUT2D eigenvalue weighted by Gasteiger charge is 2.44. The molecule has 2 aliphatic carbocycles. The molecule has 0 aromatic heterocycles. The maximum atomic E-state index is 12.2. The minimum atomic E-state index is 0.0734. The van der Waals surface area contributed by atoms with Crippen molar-refractivity contribution in [1.29, 1.82) is 0 Å². The van der Waals surface area contributed by atoms with E-state index in [1.807, 2.05) is 0 Å². The molecule has 3 heteroatoms. The van der Waals surface area contributed by atoms with Gasteiger partial charge in [-0.3, -0.25) is 4.79 Å². The molecule has 114 valence electrons. The summed E-state index contributed by atoms with van der Waals surface area (Å²) in [6.07, 6.45) is 8.93. The van der Waals surface area contributed by atoms with Crippen LogP contribution in [0.1, 0.15) is 58.8 Å². The molecule has 20 heavy (non-hydrogen) atoms. The van der Waals surface area contributed by atoms with E-state index in [-0.39, 0.29) is 11.9 Å². The normalized spacial score (nSPS) is 44.3. The molecule has 3 aliphatic rings. The average molecular weight is 278 g/mol. The van der Waals surface area contributed by atoms with Crippen molar-refractivity contribution in [3.8, 4) is 0 Å². The van der Waals surface area contributed by atoms with Crippen LogP contribution in [0.15, 0.2) is 0 Å². The average Bonchev–Trinajstić information content (AvgIpc) is 2.88. The van der Waals surface area contributed by atoms with Gasteiger partial charge in [-0.05, 0) is 74.7 Å². The van der Waals surface area contributed by atoms with Gasteiger partial charge in [0.15, 0.2) is 0 Å². The second-order valence-electron chi connectivity index (χ2n) is 8.03. The topological polar surface area (TPSA) is 41.1 Å². The van der Waals surface area contributed by atoms with Crippen LogP contribution in [0.25, 0.3) is 0 Å². The number of carbonyl (C=O) groups excluding carboxylic acids is 1. The van der Waals surface area contributed by atoms with Crippen molar-refractivity contribution in [2.75, 3.05) is 13.1 Å². The van der Waals surface area contributed by atoms with Gasteiger partial charge in [0.25, 0.3) is 0 Å². The Bertz CT molecular complexity index is 342. The molecule has 1 amide bonds. The first kappa shape index (κ1) is 14.4. The molecule has 3 atom stereocenters. The summed E-state index contributed by atoms with van der Waals surface area (Å²) < 4.78 is 0. The Balaban J connectivity index is 1.60. The molecule has 0 spiro atoms. The summed E-state index contributed by atoms with van der Waals surface area (Å²) in [7, 11) is 0. The van der Waals surface area contributed by atoms with Gasteiger partial charge in [0.1, 0.15) is 0 Å². The molecule has 2 unspecified atom stereocenters. The van der Waals surface area contributed by atoms with Gasteiger partial charge in [-0.2, -0.15) is 0 Å². The molecule has 3 rings (SSSR count). The van der Waals surface area contributed by atoms with Crippen molar-refractivity contribution < 1.29 is 4.79 Å². The van der Waals surface area contributed by atoms with E-state index in [0.29, 0.717) is 5.41 Å². The standard InChI is InChI=1S/C17H30N2O/c1-12-6-14-7-13(2)9-17(8-12,10-14)11-19-16(20)15-4-3-5-18-15/h12-15,18H,3-11H2,1-2H3,(H,19,20)/t12?,13?,14?,15-,17?/m1/s1. The molecular weight excluding hydrogens is 248 g/mol. The second-order valence-corrected chi connectivity index (χ2v) is 8.03. The van der Waals surface area contributed by atoms with E-state index < -0.39 is 0 Å². The van der Waals surface area contributed by atoms with E-state index in [9.17, 15) is 4.79 Å². The van der Waals surface area contributed by atoms with Crippen LogP contribution in [-0.4, -0.2) is 25.0 Å². The van der Waals surface area contributed by atoms with Crippen molar-refractivity contribution in [2.24, 2.45) is 23.2 Å². The second kappa shape index (κ2) is 5.67.